The summed E-state index contributed by atoms with van der Waals surface area (Å²) in [5.41, 5.74) is 7.51. The lowest BCUT2D eigenvalue weighted by Crippen LogP contribution is -2.51. The number of nitrogens with two attached hydrogens (primary N) is 1. The Morgan fingerprint density at radius 2 is 2.24 bits per heavy atom. The van der Waals surface area contributed by atoms with Gasteiger partial charge in [0.25, 0.3) is 0 Å². The van der Waals surface area contributed by atoms with Crippen LogP contribution < -0.4 is 11.1 Å². The van der Waals surface area contributed by atoms with Crippen LogP contribution in [0.4, 0.5) is 5.69 Å². The van der Waals surface area contributed by atoms with E-state index in [1.807, 2.05) is 25.1 Å². The smallest absolute Gasteiger partial charge is 0.238 e. The van der Waals surface area contributed by atoms with Crippen LogP contribution >= 0.6 is 11.6 Å². The van der Waals surface area contributed by atoms with Crippen LogP contribution in [0.2, 0.25) is 5.02 Å². The third-order valence-corrected chi connectivity index (χ3v) is 4.74. The number of nitrogens with zero attached hydrogens (tertiary/aromatic N) is 1. The number of benzene rings is 1. The minimum atomic E-state index is -0.00688. The number of likely N-dealkylation sites (tertiary alicyclic amines) is 1. The Balaban J connectivity index is 2.02. The Labute approximate surface area is 131 Å². The zero-order valence-corrected chi connectivity index (χ0v) is 13.5. The fourth-order valence-corrected chi connectivity index (χ4v) is 3.15. The molecule has 0 saturated carbocycles. The lowest BCUT2D eigenvalue weighted by Gasteiger charge is -2.39. The molecule has 1 amide bonds. The second kappa shape index (κ2) is 7.25. The van der Waals surface area contributed by atoms with Crippen LogP contribution in [0, 0.1) is 6.92 Å². The first-order chi connectivity index (χ1) is 10.0. The molecule has 4 nitrogen and oxygen atoms in total. The van der Waals surface area contributed by atoms with Crippen molar-refractivity contribution in [2.75, 3.05) is 18.4 Å². The summed E-state index contributed by atoms with van der Waals surface area (Å²) in [7, 11) is 0. The number of hydrogen-bond donors (Lipinski definition) is 2. The normalized spacial score (nSPS) is 23.0. The highest BCUT2D eigenvalue weighted by Crippen LogP contribution is 2.24. The summed E-state index contributed by atoms with van der Waals surface area (Å²) in [6.07, 6.45) is 3.39. The molecule has 5 heteroatoms. The third kappa shape index (κ3) is 3.96. The van der Waals surface area contributed by atoms with Crippen molar-refractivity contribution >= 4 is 23.2 Å². The van der Waals surface area contributed by atoms with Crippen molar-refractivity contribution in [2.45, 2.75) is 45.2 Å². The molecule has 0 radical (unpaired) electrons. The first-order valence-corrected chi connectivity index (χ1v) is 7.91. The molecule has 2 unspecified atom stereocenters. The molecule has 1 heterocycles. The van der Waals surface area contributed by atoms with Crippen LogP contribution in [-0.4, -0.2) is 36.0 Å². The lowest BCUT2D eigenvalue weighted by molar-refractivity contribution is -0.118. The van der Waals surface area contributed by atoms with Crippen molar-refractivity contribution < 1.29 is 4.79 Å². The third-order valence-electron chi connectivity index (χ3n) is 4.33. The second-order valence-corrected chi connectivity index (χ2v) is 6.21. The zero-order chi connectivity index (χ0) is 15.4. The van der Waals surface area contributed by atoms with Gasteiger partial charge in [-0.05, 0) is 44.4 Å². The number of carbonyl (C=O) groups is 1. The average molecular weight is 310 g/mol. The molecule has 2 atom stereocenters. The molecule has 1 aromatic carbocycles. The molecular weight excluding hydrogens is 286 g/mol. The maximum absolute atomic E-state index is 12.3. The van der Waals surface area contributed by atoms with Gasteiger partial charge in [-0.2, -0.15) is 0 Å². The van der Waals surface area contributed by atoms with Crippen LogP contribution in [0.15, 0.2) is 18.2 Å². The first kappa shape index (κ1) is 16.3. The Morgan fingerprint density at radius 3 is 2.95 bits per heavy atom. The highest BCUT2D eigenvalue weighted by molar-refractivity contribution is 6.31. The summed E-state index contributed by atoms with van der Waals surface area (Å²) in [6, 6.07) is 6.25. The van der Waals surface area contributed by atoms with Gasteiger partial charge in [0.15, 0.2) is 0 Å². The average Bonchev–Trinajstić information content (AvgIpc) is 2.46. The van der Waals surface area contributed by atoms with Gasteiger partial charge in [0.2, 0.25) is 5.91 Å². The standard InChI is InChI=1S/C16H24ClN3O/c1-11-5-3-6-13(9-18)20(11)10-16(21)19-15-8-4-7-14(17)12(15)2/h4,7-8,11,13H,3,5-6,9-10,18H2,1-2H3,(H,19,21). The van der Waals surface area contributed by atoms with Gasteiger partial charge in [-0.15, -0.1) is 0 Å². The number of halogens is 1. The first-order valence-electron chi connectivity index (χ1n) is 7.53. The quantitative estimate of drug-likeness (QED) is 0.899. The summed E-state index contributed by atoms with van der Waals surface area (Å²) in [5, 5.41) is 3.62. The van der Waals surface area contributed by atoms with Crippen LogP contribution in [0.25, 0.3) is 0 Å². The number of anilines is 1. The van der Waals surface area contributed by atoms with Crippen LogP contribution in [0.1, 0.15) is 31.7 Å². The summed E-state index contributed by atoms with van der Waals surface area (Å²) >= 11 is 6.08. The Hall–Kier alpha value is -1.10. The predicted molar refractivity (Wildman–Crippen MR) is 87.7 cm³/mol. The molecule has 1 aliphatic rings. The van der Waals surface area contributed by atoms with E-state index in [0.717, 1.165) is 24.1 Å². The highest BCUT2D eigenvalue weighted by Gasteiger charge is 2.28. The van der Waals surface area contributed by atoms with Gasteiger partial charge in [0.1, 0.15) is 0 Å². The molecule has 116 valence electrons. The van der Waals surface area contributed by atoms with Crippen LogP contribution in [-0.2, 0) is 4.79 Å². The van der Waals surface area contributed by atoms with Gasteiger partial charge >= 0.3 is 0 Å². The largest absolute Gasteiger partial charge is 0.329 e. The molecule has 0 aromatic heterocycles. The van der Waals surface area contributed by atoms with E-state index in [1.165, 1.54) is 6.42 Å². The molecule has 1 aliphatic heterocycles. The van der Waals surface area contributed by atoms with E-state index in [-0.39, 0.29) is 5.91 Å². The van der Waals surface area contributed by atoms with Crippen molar-refractivity contribution in [3.05, 3.63) is 28.8 Å². The van der Waals surface area contributed by atoms with Crippen molar-refractivity contribution in [3.8, 4) is 0 Å². The summed E-state index contributed by atoms with van der Waals surface area (Å²) in [5.74, 6) is -0.00688. The van der Waals surface area contributed by atoms with Crippen molar-refractivity contribution in [2.24, 2.45) is 5.73 Å². The predicted octanol–water partition coefficient (Wildman–Crippen LogP) is 2.79. The van der Waals surface area contributed by atoms with E-state index in [2.05, 4.69) is 17.1 Å². The monoisotopic (exact) mass is 309 g/mol. The maximum Gasteiger partial charge on any atom is 0.238 e. The number of piperidine rings is 1. The molecule has 3 N–H and O–H groups in total. The zero-order valence-electron chi connectivity index (χ0n) is 12.7. The van der Waals surface area contributed by atoms with Gasteiger partial charge in [0, 0.05) is 29.3 Å². The number of hydrogen-bond acceptors (Lipinski definition) is 3. The van der Waals surface area contributed by atoms with Gasteiger partial charge in [-0.1, -0.05) is 24.1 Å². The molecule has 1 aromatic rings. The van der Waals surface area contributed by atoms with Crippen molar-refractivity contribution in [1.29, 1.82) is 0 Å². The number of rotatable bonds is 4. The van der Waals surface area contributed by atoms with E-state index < -0.39 is 0 Å². The molecule has 1 fully saturated rings. The Bertz CT molecular complexity index is 506. The SMILES string of the molecule is Cc1c(Cl)cccc1NC(=O)CN1C(C)CCCC1CN. The summed E-state index contributed by atoms with van der Waals surface area (Å²) in [4.78, 5) is 14.5. The summed E-state index contributed by atoms with van der Waals surface area (Å²) < 4.78 is 0. The van der Waals surface area contributed by atoms with Gasteiger partial charge in [-0.3, -0.25) is 9.69 Å². The van der Waals surface area contributed by atoms with Crippen LogP contribution in [0.5, 0.6) is 0 Å². The molecule has 0 bridgehead atoms. The fraction of sp³-hybridized carbons (Fsp3) is 0.562. The molecule has 0 spiro atoms. The lowest BCUT2D eigenvalue weighted by atomic mass is 9.96. The minimum absolute atomic E-state index is 0.00688. The van der Waals surface area contributed by atoms with Crippen molar-refractivity contribution in [1.82, 2.24) is 4.90 Å². The van der Waals surface area contributed by atoms with E-state index in [0.29, 0.717) is 30.2 Å². The maximum atomic E-state index is 12.3. The highest BCUT2D eigenvalue weighted by atomic mass is 35.5. The van der Waals surface area contributed by atoms with Gasteiger partial charge in [-0.25, -0.2) is 0 Å². The van der Waals surface area contributed by atoms with E-state index in [4.69, 9.17) is 17.3 Å². The molecule has 21 heavy (non-hydrogen) atoms. The number of amides is 1. The van der Waals surface area contributed by atoms with Crippen LogP contribution in [0.3, 0.4) is 0 Å². The Morgan fingerprint density at radius 1 is 1.48 bits per heavy atom. The Kier molecular flexibility index (Phi) is 5.62. The van der Waals surface area contributed by atoms with E-state index in [1.54, 1.807) is 0 Å². The van der Waals surface area contributed by atoms with Gasteiger partial charge in [0.05, 0.1) is 6.54 Å². The molecule has 2 rings (SSSR count). The molecule has 1 saturated heterocycles. The fourth-order valence-electron chi connectivity index (χ4n) is 2.98. The number of carbonyl (C=O) groups excluding carboxylic acids is 1. The minimum Gasteiger partial charge on any atom is -0.329 e. The van der Waals surface area contributed by atoms with Gasteiger partial charge < -0.3 is 11.1 Å². The second-order valence-electron chi connectivity index (χ2n) is 5.80. The number of nitrogens with one attached hydrogen (secondary N) is 1. The van der Waals surface area contributed by atoms with E-state index in [9.17, 15) is 4.79 Å². The van der Waals surface area contributed by atoms with E-state index >= 15 is 0 Å². The molecule has 0 aliphatic carbocycles. The van der Waals surface area contributed by atoms with Crippen molar-refractivity contribution in [3.63, 3.8) is 0 Å². The topological polar surface area (TPSA) is 58.4 Å². The summed E-state index contributed by atoms with van der Waals surface area (Å²) in [6.45, 7) is 5.06. The molecular formula is C16H24ClN3O.